The second-order valence-electron chi connectivity index (χ2n) is 22.6. The Morgan fingerprint density at radius 3 is 1.10 bits per heavy atom. The molecule has 0 saturated heterocycles. The molecule has 0 aromatic heterocycles. The summed E-state index contributed by atoms with van der Waals surface area (Å²) < 4.78 is 19.3. The molecular formula is C52H72Cl2O2SiZr. The molecule has 0 N–H and O–H groups in total. The van der Waals surface area contributed by atoms with Crippen LogP contribution in [0, 0.1) is 10.8 Å². The van der Waals surface area contributed by atoms with E-state index in [-0.39, 0.29) is 46.5 Å². The number of rotatable bonds is 8. The van der Waals surface area contributed by atoms with Crippen LogP contribution < -0.4 is 9.47 Å². The third-order valence-corrected chi connectivity index (χ3v) is 29.7. The maximum atomic E-state index is 6.47. The molecule has 0 saturated carbocycles. The summed E-state index contributed by atoms with van der Waals surface area (Å²) in [5, 5.41) is 0. The van der Waals surface area contributed by atoms with E-state index in [4.69, 9.17) is 9.47 Å². The summed E-state index contributed by atoms with van der Waals surface area (Å²) in [6.45, 7) is 31.1. The summed E-state index contributed by atoms with van der Waals surface area (Å²) in [5.74, 6) is 2.04. The first kappa shape index (κ1) is 48.3. The molecule has 2 nitrogen and oxygen atoms in total. The average Bonchev–Trinajstić information content (AvgIpc) is 3.62. The van der Waals surface area contributed by atoms with Gasteiger partial charge in [0, 0.05) is 0 Å². The van der Waals surface area contributed by atoms with Crippen molar-refractivity contribution in [2.45, 2.75) is 123 Å². The largest absolute Gasteiger partial charge is 0.147 e. The number of methoxy groups -OCH3 is 2. The molecule has 58 heavy (non-hydrogen) atoms. The van der Waals surface area contributed by atoms with Crippen molar-refractivity contribution in [2.75, 3.05) is 14.2 Å². The van der Waals surface area contributed by atoms with E-state index in [9.17, 15) is 0 Å². The van der Waals surface area contributed by atoms with Gasteiger partial charge in [-0.15, -0.1) is 24.8 Å². The van der Waals surface area contributed by atoms with Gasteiger partial charge < -0.3 is 0 Å². The molecule has 0 spiro atoms. The van der Waals surface area contributed by atoms with E-state index in [1.165, 1.54) is 55.6 Å². The van der Waals surface area contributed by atoms with Crippen LogP contribution in [0.2, 0.25) is 9.26 Å². The maximum absolute atomic E-state index is 6.47. The minimum absolute atomic E-state index is 0. The zero-order valence-electron chi connectivity index (χ0n) is 38.5. The summed E-state index contributed by atoms with van der Waals surface area (Å²) in [5.41, 5.74) is 16.6. The van der Waals surface area contributed by atoms with Gasteiger partial charge in [-0.05, 0) is 0 Å². The first-order valence-corrected chi connectivity index (χ1v) is 34.5. The summed E-state index contributed by atoms with van der Waals surface area (Å²) in [6.07, 6.45) is 7.37. The summed E-state index contributed by atoms with van der Waals surface area (Å²) in [4.78, 5) is 0. The predicted molar refractivity (Wildman–Crippen MR) is 259 cm³/mol. The van der Waals surface area contributed by atoms with Gasteiger partial charge in [0.2, 0.25) is 0 Å². The maximum Gasteiger partial charge on any atom is -0.147 e. The van der Waals surface area contributed by atoms with E-state index in [0.717, 1.165) is 24.3 Å². The monoisotopic (exact) mass is 916 g/mol. The quantitative estimate of drug-likeness (QED) is 0.164. The van der Waals surface area contributed by atoms with Gasteiger partial charge in [-0.2, -0.15) is 0 Å². The number of fused-ring (bicyclic) bond motifs is 2. The number of hydrogen-bond donors (Lipinski definition) is 0. The molecule has 4 aromatic rings. The van der Waals surface area contributed by atoms with Gasteiger partial charge in [-0.1, -0.05) is 0 Å². The Bertz CT molecular complexity index is 2130. The Morgan fingerprint density at radius 1 is 0.534 bits per heavy atom. The van der Waals surface area contributed by atoms with Gasteiger partial charge in [0.15, 0.2) is 0 Å². The molecule has 2 atom stereocenters. The molecular weight excluding hydrogens is 847 g/mol. The van der Waals surface area contributed by atoms with Crippen molar-refractivity contribution >= 4 is 43.8 Å². The van der Waals surface area contributed by atoms with Gasteiger partial charge >= 0.3 is 345 Å². The number of halogens is 2. The van der Waals surface area contributed by atoms with Crippen molar-refractivity contribution in [3.8, 4) is 33.8 Å². The second-order valence-corrected chi connectivity index (χ2v) is 53.1. The summed E-state index contributed by atoms with van der Waals surface area (Å²) in [6, 6.07) is 27.2. The first-order valence-electron chi connectivity index (χ1n) is 20.9. The van der Waals surface area contributed by atoms with Gasteiger partial charge in [0.1, 0.15) is 0 Å². The summed E-state index contributed by atoms with van der Waals surface area (Å²) >= 11 is -4.16. The fourth-order valence-corrected chi connectivity index (χ4v) is 30.0. The topological polar surface area (TPSA) is 18.5 Å². The van der Waals surface area contributed by atoms with E-state index in [2.05, 4.69) is 184 Å². The smallest absolute Gasteiger partial charge is 0.147 e. The Labute approximate surface area is 367 Å². The molecule has 4 aromatic carbocycles. The van der Waals surface area contributed by atoms with Crippen LogP contribution >= 0.6 is 24.8 Å². The minimum Gasteiger partial charge on any atom is -0.147 e. The molecule has 0 amide bonds. The minimum atomic E-state index is -4.16. The molecule has 2 aliphatic carbocycles. The fraction of sp³-hybridized carbons (Fsp3) is 0.462. The van der Waals surface area contributed by atoms with Crippen LogP contribution in [0.15, 0.2) is 83.9 Å². The molecule has 0 radical (unpaired) electrons. The second kappa shape index (κ2) is 16.5. The SMILES string of the molecule is COc1c(C(C)(C)C)cc2c(c1-c1ccccc1)C=C(CC(C)(C)C)[CH]2[Zr]([CH3])([CH3])(=[SiH2])[CH]1C(CC(C)(C)C)=Cc2c1cc(C(C)(C)C)c(OC)c2-c1ccccc1.Cl.Cl. The van der Waals surface area contributed by atoms with E-state index in [1.54, 1.807) is 11.1 Å². The summed E-state index contributed by atoms with van der Waals surface area (Å²) in [7, 11) is 3.73. The third kappa shape index (κ3) is 9.12. The standard InChI is InChI=1S/2C25H31O.2CH3.2ClH.H2Si.Zr/c2*1-24(2,3)16-17-13-19-15-21(25(4,5)6)23(26-7)22(20(19)14-17)18-11-9-8-10-12-18;;;;;;/h2*8-15H,16H2,1-7H3;2*1H3;2*1H;1H2;. The number of ether oxygens (including phenoxy) is 2. The van der Waals surface area contributed by atoms with Crippen molar-refractivity contribution in [3.05, 3.63) is 117 Å². The Morgan fingerprint density at radius 2 is 0.845 bits per heavy atom. The van der Waals surface area contributed by atoms with E-state index < -0.39 is 17.4 Å². The van der Waals surface area contributed by atoms with E-state index in [1.807, 2.05) is 14.2 Å². The number of hydrogen-bond acceptors (Lipinski definition) is 2. The van der Waals surface area contributed by atoms with Crippen molar-refractivity contribution in [3.63, 3.8) is 0 Å². The predicted octanol–water partition coefficient (Wildman–Crippen LogP) is 15.3. The van der Waals surface area contributed by atoms with E-state index >= 15 is 0 Å². The molecule has 0 bridgehead atoms. The van der Waals surface area contributed by atoms with Gasteiger partial charge in [-0.25, -0.2) is 0 Å². The van der Waals surface area contributed by atoms with Gasteiger partial charge in [0.25, 0.3) is 0 Å². The van der Waals surface area contributed by atoms with Crippen molar-refractivity contribution < 1.29 is 26.9 Å². The Kier molecular flexibility index (Phi) is 13.7. The molecule has 6 heteroatoms. The molecule has 0 fully saturated rings. The van der Waals surface area contributed by atoms with Crippen LogP contribution in [0.1, 0.15) is 137 Å². The molecule has 2 unspecified atom stereocenters. The van der Waals surface area contributed by atoms with Crippen LogP contribution in [-0.2, 0) is 28.2 Å². The third-order valence-electron chi connectivity index (χ3n) is 12.2. The fourth-order valence-electron chi connectivity index (χ4n) is 10.4. The Hall–Kier alpha value is -2.36. The molecule has 2 aliphatic rings. The molecule has 0 aliphatic heterocycles. The average molecular weight is 919 g/mol. The van der Waals surface area contributed by atoms with Crippen LogP contribution in [0.3, 0.4) is 0 Å². The molecule has 6 rings (SSSR count). The van der Waals surface area contributed by atoms with Crippen molar-refractivity contribution in [1.29, 1.82) is 0 Å². The molecule has 0 heterocycles. The number of benzene rings is 4. The zero-order valence-corrected chi connectivity index (χ0v) is 44.0. The normalized spacial score (nSPS) is 17.1. The Balaban J connectivity index is 0.00000372. The van der Waals surface area contributed by atoms with Gasteiger partial charge in [0.05, 0.1) is 0 Å². The van der Waals surface area contributed by atoms with Crippen LogP contribution in [0.25, 0.3) is 34.4 Å². The zero-order chi connectivity index (χ0) is 41.4. The van der Waals surface area contributed by atoms with Crippen LogP contribution in [0.5, 0.6) is 11.5 Å². The first-order chi connectivity index (χ1) is 25.8. The number of allylic oxidation sites excluding steroid dienone is 2. The van der Waals surface area contributed by atoms with Gasteiger partial charge in [-0.3, -0.25) is 0 Å². The van der Waals surface area contributed by atoms with Crippen molar-refractivity contribution in [1.82, 2.24) is 0 Å². The van der Waals surface area contributed by atoms with Crippen LogP contribution in [0.4, 0.5) is 0 Å². The van der Waals surface area contributed by atoms with Crippen molar-refractivity contribution in [2.24, 2.45) is 10.8 Å². The van der Waals surface area contributed by atoms with E-state index in [0.29, 0.717) is 7.25 Å². The van der Waals surface area contributed by atoms with Crippen LogP contribution in [-0.4, -0.2) is 21.1 Å². The molecule has 314 valence electrons.